The summed E-state index contributed by atoms with van der Waals surface area (Å²) >= 11 is 0. The van der Waals surface area contributed by atoms with Crippen molar-refractivity contribution in [3.05, 3.63) is 54.4 Å². The Hall–Kier alpha value is -2.91. The first-order chi connectivity index (χ1) is 10.3. The van der Waals surface area contributed by atoms with Crippen LogP contribution in [0.2, 0.25) is 0 Å². The molecular formula is C15H15N5O. The number of nitrogens with zero attached hydrogens (tertiary/aromatic N) is 3. The van der Waals surface area contributed by atoms with E-state index < -0.39 is 0 Å². The molecule has 0 aliphatic rings. The van der Waals surface area contributed by atoms with Gasteiger partial charge in [-0.1, -0.05) is 18.2 Å². The van der Waals surface area contributed by atoms with Crippen LogP contribution in [0.3, 0.4) is 0 Å². The molecule has 1 heterocycles. The van der Waals surface area contributed by atoms with E-state index in [1.807, 2.05) is 30.3 Å². The number of amides is 1. The van der Waals surface area contributed by atoms with Crippen molar-refractivity contribution in [3.63, 3.8) is 0 Å². The van der Waals surface area contributed by atoms with Crippen LogP contribution in [-0.2, 0) is 0 Å². The number of benzene rings is 1. The van der Waals surface area contributed by atoms with Crippen molar-refractivity contribution >= 4 is 17.3 Å². The summed E-state index contributed by atoms with van der Waals surface area (Å²) in [7, 11) is 0. The Balaban J connectivity index is 2.32. The smallest absolute Gasteiger partial charge is 0.276 e. The number of hydrogen-bond acceptors (Lipinski definition) is 5. The van der Waals surface area contributed by atoms with Crippen LogP contribution in [0.4, 0.5) is 11.4 Å². The normalized spacial score (nSPS) is 9.71. The topological polar surface area (TPSA) is 95.0 Å². The number of nitriles is 1. The molecule has 0 aliphatic carbocycles. The lowest BCUT2D eigenvalue weighted by Gasteiger charge is -2.21. The number of hydrogen-bond donors (Lipinski definition) is 2. The maximum atomic E-state index is 12.6. The van der Waals surface area contributed by atoms with E-state index in [2.05, 4.69) is 16.5 Å². The van der Waals surface area contributed by atoms with E-state index in [1.54, 1.807) is 12.1 Å². The summed E-state index contributed by atoms with van der Waals surface area (Å²) in [5, 5.41) is 8.77. The molecule has 0 unspecified atom stereocenters. The highest BCUT2D eigenvalue weighted by Crippen LogP contribution is 2.17. The minimum absolute atomic E-state index is 0.245. The summed E-state index contributed by atoms with van der Waals surface area (Å²) in [6.07, 6.45) is 1.76. The van der Waals surface area contributed by atoms with Crippen molar-refractivity contribution in [1.82, 2.24) is 4.98 Å². The Morgan fingerprint density at radius 1 is 1.33 bits per heavy atom. The van der Waals surface area contributed by atoms with Crippen molar-refractivity contribution in [2.45, 2.75) is 6.42 Å². The molecule has 0 saturated carbocycles. The van der Waals surface area contributed by atoms with Gasteiger partial charge < -0.3 is 10.3 Å². The van der Waals surface area contributed by atoms with Crippen LogP contribution in [-0.4, -0.2) is 17.4 Å². The van der Waals surface area contributed by atoms with E-state index in [0.717, 1.165) is 5.69 Å². The number of rotatable bonds is 5. The van der Waals surface area contributed by atoms with Crippen LogP contribution in [0, 0.1) is 11.3 Å². The Kier molecular flexibility index (Phi) is 4.85. The van der Waals surface area contributed by atoms with E-state index in [1.165, 1.54) is 11.1 Å². The first-order valence-corrected chi connectivity index (χ1v) is 6.43. The van der Waals surface area contributed by atoms with Gasteiger partial charge in [-0.25, -0.2) is 0 Å². The molecule has 2 rings (SSSR count). The quantitative estimate of drug-likeness (QED) is 0.645. The zero-order valence-electron chi connectivity index (χ0n) is 11.4. The van der Waals surface area contributed by atoms with Crippen molar-refractivity contribution in [2.24, 2.45) is 5.84 Å². The number of pyridine rings is 1. The van der Waals surface area contributed by atoms with Crippen molar-refractivity contribution < 1.29 is 4.79 Å². The van der Waals surface area contributed by atoms with Gasteiger partial charge in [-0.15, -0.1) is 0 Å². The Bertz CT molecular complexity index is 651. The minimum Gasteiger partial charge on any atom is -0.324 e. The molecule has 0 radical (unpaired) electrons. The highest BCUT2D eigenvalue weighted by atomic mass is 16.2. The Morgan fingerprint density at radius 3 is 2.76 bits per heavy atom. The van der Waals surface area contributed by atoms with Gasteiger partial charge in [0.25, 0.3) is 5.91 Å². The Labute approximate surface area is 122 Å². The summed E-state index contributed by atoms with van der Waals surface area (Å²) in [6.45, 7) is 0.307. The number of aromatic nitrogens is 1. The largest absolute Gasteiger partial charge is 0.324 e. The van der Waals surface area contributed by atoms with Gasteiger partial charge in [-0.2, -0.15) is 5.26 Å². The van der Waals surface area contributed by atoms with Crippen LogP contribution in [0.1, 0.15) is 16.9 Å². The summed E-state index contributed by atoms with van der Waals surface area (Å²) in [5.74, 6) is 5.07. The summed E-state index contributed by atoms with van der Waals surface area (Å²) in [5.41, 5.74) is 4.08. The number of carbonyl (C=O) groups excluding carboxylic acids is 1. The second kappa shape index (κ2) is 7.03. The molecule has 0 atom stereocenters. The summed E-state index contributed by atoms with van der Waals surface area (Å²) in [4.78, 5) is 18.2. The van der Waals surface area contributed by atoms with Crippen molar-refractivity contribution in [1.29, 1.82) is 5.26 Å². The van der Waals surface area contributed by atoms with Crippen LogP contribution in [0.25, 0.3) is 0 Å². The predicted octanol–water partition coefficient (Wildman–Crippen LogP) is 1.93. The molecule has 3 N–H and O–H groups in total. The summed E-state index contributed by atoms with van der Waals surface area (Å²) in [6, 6.07) is 14.5. The van der Waals surface area contributed by atoms with Crippen LogP contribution in [0.5, 0.6) is 0 Å². The molecule has 2 aromatic rings. The first kappa shape index (κ1) is 14.5. The lowest BCUT2D eigenvalue weighted by atomic mass is 10.2. The number of nitrogen functional groups attached to an aromatic ring is 1. The lowest BCUT2D eigenvalue weighted by molar-refractivity contribution is 0.0983. The number of para-hydroxylation sites is 1. The highest BCUT2D eigenvalue weighted by Gasteiger charge is 2.18. The number of nitrogens with two attached hydrogens (primary N) is 1. The molecule has 0 bridgehead atoms. The van der Waals surface area contributed by atoms with Gasteiger partial charge in [-0.05, 0) is 24.3 Å². The molecule has 0 spiro atoms. The average molecular weight is 281 g/mol. The van der Waals surface area contributed by atoms with Crippen molar-refractivity contribution in [2.75, 3.05) is 16.9 Å². The van der Waals surface area contributed by atoms with E-state index in [4.69, 9.17) is 11.1 Å². The molecule has 0 aliphatic heterocycles. The molecular weight excluding hydrogens is 266 g/mol. The molecule has 6 heteroatoms. The maximum absolute atomic E-state index is 12.6. The van der Waals surface area contributed by atoms with Crippen LogP contribution >= 0.6 is 0 Å². The molecule has 0 saturated heterocycles. The fourth-order valence-corrected chi connectivity index (χ4v) is 1.89. The van der Waals surface area contributed by atoms with Gasteiger partial charge in [0.05, 0.1) is 18.2 Å². The van der Waals surface area contributed by atoms with E-state index in [0.29, 0.717) is 12.2 Å². The molecule has 1 aromatic carbocycles. The van der Waals surface area contributed by atoms with Gasteiger partial charge in [0.2, 0.25) is 0 Å². The average Bonchev–Trinajstić information content (AvgIpc) is 2.56. The molecule has 0 fully saturated rings. The molecule has 1 amide bonds. The summed E-state index contributed by atoms with van der Waals surface area (Å²) < 4.78 is 0. The second-order valence-electron chi connectivity index (χ2n) is 4.27. The van der Waals surface area contributed by atoms with Gasteiger partial charge in [0.1, 0.15) is 5.69 Å². The Morgan fingerprint density at radius 2 is 2.10 bits per heavy atom. The SMILES string of the molecule is N#CCCN(C(=O)c1cc(NN)ccn1)c1ccccc1. The zero-order valence-corrected chi connectivity index (χ0v) is 11.4. The third-order valence-electron chi connectivity index (χ3n) is 2.91. The number of anilines is 2. The highest BCUT2D eigenvalue weighted by molar-refractivity contribution is 6.05. The number of hydrazine groups is 1. The maximum Gasteiger partial charge on any atom is 0.276 e. The number of carbonyl (C=O) groups is 1. The monoisotopic (exact) mass is 281 g/mol. The van der Waals surface area contributed by atoms with Crippen LogP contribution in [0.15, 0.2) is 48.7 Å². The zero-order chi connectivity index (χ0) is 15.1. The van der Waals surface area contributed by atoms with Crippen molar-refractivity contribution in [3.8, 4) is 6.07 Å². The molecule has 6 nitrogen and oxygen atoms in total. The minimum atomic E-state index is -0.270. The standard InChI is InChI=1S/C15H15N5O/c16-8-4-10-20(13-5-2-1-3-6-13)15(21)14-11-12(19-17)7-9-18-14/h1-3,5-7,9,11H,4,10,17H2,(H,18,19). The molecule has 21 heavy (non-hydrogen) atoms. The van der Waals surface area contributed by atoms with E-state index in [9.17, 15) is 4.79 Å². The third kappa shape index (κ3) is 3.55. The van der Waals surface area contributed by atoms with Gasteiger partial charge in [-0.3, -0.25) is 15.6 Å². The lowest BCUT2D eigenvalue weighted by Crippen LogP contribution is -2.32. The fraction of sp³-hybridized carbons (Fsp3) is 0.133. The van der Waals surface area contributed by atoms with E-state index in [-0.39, 0.29) is 18.0 Å². The van der Waals surface area contributed by atoms with E-state index >= 15 is 0 Å². The predicted molar refractivity (Wildman–Crippen MR) is 80.4 cm³/mol. The molecule has 1 aromatic heterocycles. The van der Waals surface area contributed by atoms with Crippen LogP contribution < -0.4 is 16.2 Å². The third-order valence-corrected chi connectivity index (χ3v) is 2.91. The van der Waals surface area contributed by atoms with Gasteiger partial charge in [0.15, 0.2) is 0 Å². The first-order valence-electron chi connectivity index (χ1n) is 6.43. The number of nitrogens with one attached hydrogen (secondary N) is 1. The second-order valence-corrected chi connectivity index (χ2v) is 4.27. The van der Waals surface area contributed by atoms with Gasteiger partial charge in [0, 0.05) is 18.4 Å². The fourth-order valence-electron chi connectivity index (χ4n) is 1.89. The molecule has 106 valence electrons. The van der Waals surface area contributed by atoms with Gasteiger partial charge >= 0.3 is 0 Å².